The Balaban J connectivity index is 1.29. The van der Waals surface area contributed by atoms with E-state index in [1.165, 1.54) is 0 Å². The average Bonchev–Trinajstić information content (AvgIpc) is 3.42. The molecular weight excluding hydrogens is 422 g/mol. The molecule has 1 aliphatic rings. The maximum absolute atomic E-state index is 12.4. The van der Waals surface area contributed by atoms with Crippen LogP contribution < -0.4 is 5.32 Å². The fourth-order valence-electron chi connectivity index (χ4n) is 3.08. The van der Waals surface area contributed by atoms with E-state index in [0.29, 0.717) is 6.42 Å². The van der Waals surface area contributed by atoms with Crippen LogP contribution in [-0.4, -0.2) is 46.3 Å². The van der Waals surface area contributed by atoms with Gasteiger partial charge in [0.25, 0.3) is 0 Å². The van der Waals surface area contributed by atoms with Crippen molar-refractivity contribution in [2.45, 2.75) is 12.8 Å². The number of carbonyl (C=O) groups is 2. The minimum absolute atomic E-state index is 0.0955. The first-order valence-corrected chi connectivity index (χ1v) is 12.4. The van der Waals surface area contributed by atoms with Crippen molar-refractivity contribution in [3.05, 3.63) is 57.7 Å². The van der Waals surface area contributed by atoms with Gasteiger partial charge >= 0.3 is 0 Å². The molecule has 0 bridgehead atoms. The topological polar surface area (TPSA) is 62.3 Å². The van der Waals surface area contributed by atoms with E-state index in [-0.39, 0.29) is 18.2 Å². The zero-order valence-electron chi connectivity index (χ0n) is 15.8. The van der Waals surface area contributed by atoms with Crippen molar-refractivity contribution in [1.29, 1.82) is 0 Å². The number of rotatable bonds is 6. The van der Waals surface area contributed by atoms with Crippen molar-refractivity contribution in [3.8, 4) is 10.6 Å². The maximum atomic E-state index is 12.4. The third-order valence-corrected chi connectivity index (χ3v) is 7.18. The molecule has 1 saturated heterocycles. The number of thioether (sulfide) groups is 1. The summed E-state index contributed by atoms with van der Waals surface area (Å²) in [6.07, 6.45) is 0.650. The number of benzene rings is 1. The van der Waals surface area contributed by atoms with Crippen LogP contribution >= 0.6 is 34.4 Å². The van der Waals surface area contributed by atoms with Crippen molar-refractivity contribution in [2.24, 2.45) is 0 Å². The lowest BCUT2D eigenvalue weighted by atomic mass is 10.1. The summed E-state index contributed by atoms with van der Waals surface area (Å²) >= 11 is 5.08. The molecule has 0 spiro atoms. The Kier molecular flexibility index (Phi) is 6.63. The largest absolute Gasteiger partial charge is 0.341 e. The smallest absolute Gasteiger partial charge is 0.230 e. The molecule has 1 N–H and O–H groups in total. The molecule has 2 amide bonds. The molecule has 4 rings (SSSR count). The van der Waals surface area contributed by atoms with Crippen LogP contribution in [0.15, 0.2) is 46.5 Å². The second-order valence-corrected chi connectivity index (χ2v) is 9.61. The summed E-state index contributed by atoms with van der Waals surface area (Å²) in [5, 5.41) is 9.85. The number of nitrogens with zero attached hydrogens (tertiary/aromatic N) is 2. The van der Waals surface area contributed by atoms with Crippen molar-refractivity contribution in [3.63, 3.8) is 0 Å². The van der Waals surface area contributed by atoms with E-state index in [9.17, 15) is 9.59 Å². The highest BCUT2D eigenvalue weighted by Gasteiger charge is 2.17. The van der Waals surface area contributed by atoms with E-state index in [1.54, 1.807) is 22.7 Å². The van der Waals surface area contributed by atoms with Crippen LogP contribution in [0.2, 0.25) is 0 Å². The number of hydrogen-bond acceptors (Lipinski definition) is 6. The number of aromatic nitrogens is 1. The average molecular weight is 444 g/mol. The maximum Gasteiger partial charge on any atom is 0.230 e. The fraction of sp³-hybridized carbons (Fsp3) is 0.286. The SMILES string of the molecule is O=C(Cc1csc(-c2ccsc2)n1)Nc1ccc(CC(=O)N2CCSCC2)cc1. The van der Waals surface area contributed by atoms with E-state index < -0.39 is 0 Å². The molecule has 1 aromatic carbocycles. The van der Waals surface area contributed by atoms with Crippen LogP contribution in [0.3, 0.4) is 0 Å². The van der Waals surface area contributed by atoms with E-state index in [0.717, 1.165) is 52.1 Å². The normalized spacial score (nSPS) is 14.0. The number of amides is 2. The third kappa shape index (κ3) is 5.46. The van der Waals surface area contributed by atoms with Crippen LogP contribution in [0.1, 0.15) is 11.3 Å². The van der Waals surface area contributed by atoms with Crippen molar-refractivity contribution >= 4 is 51.9 Å². The van der Waals surface area contributed by atoms with Gasteiger partial charge in [-0.2, -0.15) is 23.1 Å². The molecule has 3 heterocycles. The molecule has 0 aliphatic carbocycles. The number of anilines is 1. The summed E-state index contributed by atoms with van der Waals surface area (Å²) in [4.78, 5) is 31.2. The molecule has 0 unspecified atom stereocenters. The van der Waals surface area contributed by atoms with Crippen LogP contribution in [0.5, 0.6) is 0 Å². The van der Waals surface area contributed by atoms with Gasteiger partial charge in [0.05, 0.1) is 18.5 Å². The van der Waals surface area contributed by atoms with Crippen molar-refractivity contribution in [1.82, 2.24) is 9.88 Å². The zero-order valence-corrected chi connectivity index (χ0v) is 18.2. The lowest BCUT2D eigenvalue weighted by Gasteiger charge is -2.26. The molecule has 1 fully saturated rings. The van der Waals surface area contributed by atoms with Gasteiger partial charge in [-0.3, -0.25) is 9.59 Å². The summed E-state index contributed by atoms with van der Waals surface area (Å²) in [7, 11) is 0. The van der Waals surface area contributed by atoms with E-state index >= 15 is 0 Å². The Bertz CT molecular complexity index is 961. The molecule has 2 aromatic heterocycles. The molecule has 0 radical (unpaired) electrons. The predicted molar refractivity (Wildman–Crippen MR) is 122 cm³/mol. The lowest BCUT2D eigenvalue weighted by molar-refractivity contribution is -0.130. The highest BCUT2D eigenvalue weighted by molar-refractivity contribution is 7.99. The van der Waals surface area contributed by atoms with Gasteiger partial charge in [0.2, 0.25) is 11.8 Å². The van der Waals surface area contributed by atoms with Gasteiger partial charge in [0, 0.05) is 46.6 Å². The van der Waals surface area contributed by atoms with Gasteiger partial charge in [-0.25, -0.2) is 4.98 Å². The van der Waals surface area contributed by atoms with Crippen LogP contribution in [-0.2, 0) is 22.4 Å². The van der Waals surface area contributed by atoms with Crippen LogP contribution in [0.25, 0.3) is 10.6 Å². The minimum Gasteiger partial charge on any atom is -0.341 e. The third-order valence-electron chi connectivity index (χ3n) is 4.62. The number of carbonyl (C=O) groups excluding carboxylic acids is 2. The Hall–Kier alpha value is -2.16. The van der Waals surface area contributed by atoms with Gasteiger partial charge < -0.3 is 10.2 Å². The zero-order chi connectivity index (χ0) is 20.1. The first kappa shape index (κ1) is 20.1. The summed E-state index contributed by atoms with van der Waals surface area (Å²) in [6.45, 7) is 1.67. The minimum atomic E-state index is -0.0955. The molecule has 8 heteroatoms. The molecule has 1 aliphatic heterocycles. The Morgan fingerprint density at radius 1 is 1.03 bits per heavy atom. The predicted octanol–water partition coefficient (Wildman–Crippen LogP) is 4.17. The van der Waals surface area contributed by atoms with E-state index in [1.807, 2.05) is 57.8 Å². The molecule has 0 saturated carbocycles. The molecule has 0 atom stereocenters. The van der Waals surface area contributed by atoms with Gasteiger partial charge in [0.15, 0.2) is 0 Å². The van der Waals surface area contributed by atoms with Crippen molar-refractivity contribution in [2.75, 3.05) is 29.9 Å². The lowest BCUT2D eigenvalue weighted by Crippen LogP contribution is -2.38. The van der Waals surface area contributed by atoms with Gasteiger partial charge in [-0.15, -0.1) is 11.3 Å². The quantitative estimate of drug-likeness (QED) is 0.621. The number of thiophene rings is 1. The monoisotopic (exact) mass is 443 g/mol. The first-order valence-electron chi connectivity index (χ1n) is 9.39. The summed E-state index contributed by atoms with van der Waals surface area (Å²) in [6, 6.07) is 9.55. The summed E-state index contributed by atoms with van der Waals surface area (Å²) < 4.78 is 0. The molecular formula is C21H21N3O2S3. The second-order valence-electron chi connectivity index (χ2n) is 6.75. The second kappa shape index (κ2) is 9.56. The molecule has 3 aromatic rings. The summed E-state index contributed by atoms with van der Waals surface area (Å²) in [5.74, 6) is 2.11. The van der Waals surface area contributed by atoms with Crippen molar-refractivity contribution < 1.29 is 9.59 Å². The van der Waals surface area contributed by atoms with Crippen LogP contribution in [0.4, 0.5) is 5.69 Å². The number of nitrogens with one attached hydrogen (secondary N) is 1. The molecule has 5 nitrogen and oxygen atoms in total. The molecule has 150 valence electrons. The standard InChI is InChI=1S/C21H21N3O2S3/c25-19(12-18-14-29-21(23-18)16-5-8-28-13-16)22-17-3-1-15(2-4-17)11-20(26)24-6-9-27-10-7-24/h1-5,8,13-14H,6-7,9-12H2,(H,22,25). The summed E-state index contributed by atoms with van der Waals surface area (Å²) in [5.41, 5.74) is 3.57. The Morgan fingerprint density at radius 3 is 2.55 bits per heavy atom. The molecule has 29 heavy (non-hydrogen) atoms. The Morgan fingerprint density at radius 2 is 1.83 bits per heavy atom. The number of hydrogen-bond donors (Lipinski definition) is 1. The fourth-order valence-corrected chi connectivity index (χ4v) is 5.52. The first-order chi connectivity index (χ1) is 14.2. The van der Waals surface area contributed by atoms with Gasteiger partial charge in [-0.1, -0.05) is 12.1 Å². The Labute approximate surface area is 182 Å². The highest BCUT2D eigenvalue weighted by Crippen LogP contribution is 2.26. The van der Waals surface area contributed by atoms with Gasteiger partial charge in [-0.05, 0) is 29.1 Å². The van der Waals surface area contributed by atoms with Gasteiger partial charge in [0.1, 0.15) is 5.01 Å². The highest BCUT2D eigenvalue weighted by atomic mass is 32.2. The van der Waals surface area contributed by atoms with E-state index in [4.69, 9.17) is 0 Å². The van der Waals surface area contributed by atoms with E-state index in [2.05, 4.69) is 15.7 Å². The number of thiazole rings is 1. The van der Waals surface area contributed by atoms with Crippen LogP contribution in [0, 0.1) is 0 Å².